The summed E-state index contributed by atoms with van der Waals surface area (Å²) in [5.41, 5.74) is 0.366. The van der Waals surface area contributed by atoms with Crippen molar-refractivity contribution in [3.63, 3.8) is 0 Å². The van der Waals surface area contributed by atoms with Gasteiger partial charge in [0.1, 0.15) is 23.1 Å². The second-order valence-corrected chi connectivity index (χ2v) is 4.46. The normalized spacial score (nSPS) is 9.77. The van der Waals surface area contributed by atoms with Crippen molar-refractivity contribution in [1.29, 1.82) is 5.26 Å². The minimum atomic E-state index is 0.350. The van der Waals surface area contributed by atoms with Gasteiger partial charge in [0.2, 0.25) is 5.88 Å². The monoisotopic (exact) mass is 288 g/mol. The molecule has 0 atom stereocenters. The Morgan fingerprint density at radius 2 is 1.41 bits per heavy atom. The largest absolute Gasteiger partial charge is 0.454 e. The molecule has 0 unspecified atom stereocenters. The van der Waals surface area contributed by atoms with E-state index in [0.717, 1.165) is 0 Å². The highest BCUT2D eigenvalue weighted by atomic mass is 16.5. The van der Waals surface area contributed by atoms with Crippen LogP contribution in [0.3, 0.4) is 0 Å². The topological polar surface area (TPSA) is 55.1 Å². The number of nitriles is 1. The quantitative estimate of drug-likeness (QED) is 0.707. The Kier molecular flexibility index (Phi) is 3.98. The molecule has 0 amide bonds. The first-order chi connectivity index (χ1) is 10.8. The minimum absolute atomic E-state index is 0.350. The average molecular weight is 288 g/mol. The number of benzene rings is 2. The molecule has 0 aliphatic heterocycles. The van der Waals surface area contributed by atoms with Crippen LogP contribution in [0, 0.1) is 11.3 Å². The van der Waals surface area contributed by atoms with Gasteiger partial charge in [-0.2, -0.15) is 5.26 Å². The number of ether oxygens (including phenoxy) is 2. The van der Waals surface area contributed by atoms with E-state index in [1.165, 1.54) is 6.20 Å². The van der Waals surface area contributed by atoms with E-state index >= 15 is 0 Å². The predicted molar refractivity (Wildman–Crippen MR) is 82.0 cm³/mol. The zero-order chi connectivity index (χ0) is 15.2. The molecule has 0 bridgehead atoms. The van der Waals surface area contributed by atoms with Crippen LogP contribution in [0.5, 0.6) is 23.1 Å². The van der Waals surface area contributed by atoms with E-state index in [1.807, 2.05) is 60.7 Å². The molecule has 1 aromatic heterocycles. The first kappa shape index (κ1) is 13.7. The van der Waals surface area contributed by atoms with Crippen LogP contribution in [0.15, 0.2) is 72.9 Å². The van der Waals surface area contributed by atoms with Crippen molar-refractivity contribution in [2.24, 2.45) is 0 Å². The molecule has 106 valence electrons. The van der Waals surface area contributed by atoms with Crippen molar-refractivity contribution in [2.75, 3.05) is 0 Å². The van der Waals surface area contributed by atoms with Gasteiger partial charge in [0.05, 0.1) is 6.20 Å². The Morgan fingerprint density at radius 3 is 2.00 bits per heavy atom. The maximum Gasteiger partial charge on any atom is 0.220 e. The molecule has 0 saturated heterocycles. The summed E-state index contributed by atoms with van der Waals surface area (Å²) in [4.78, 5) is 4.18. The third kappa shape index (κ3) is 3.22. The van der Waals surface area contributed by atoms with Crippen LogP contribution < -0.4 is 9.47 Å². The zero-order valence-corrected chi connectivity index (χ0v) is 11.6. The van der Waals surface area contributed by atoms with E-state index in [2.05, 4.69) is 11.1 Å². The highest BCUT2D eigenvalue weighted by Crippen LogP contribution is 2.28. The summed E-state index contributed by atoms with van der Waals surface area (Å²) in [6, 6.07) is 22.2. The van der Waals surface area contributed by atoms with Gasteiger partial charge in [-0.3, -0.25) is 0 Å². The fourth-order valence-electron chi connectivity index (χ4n) is 1.87. The average Bonchev–Trinajstić information content (AvgIpc) is 2.58. The molecule has 0 spiro atoms. The van der Waals surface area contributed by atoms with Gasteiger partial charge in [0.25, 0.3) is 0 Å². The van der Waals surface area contributed by atoms with E-state index in [4.69, 9.17) is 9.47 Å². The van der Waals surface area contributed by atoms with Crippen LogP contribution in [0.4, 0.5) is 0 Å². The van der Waals surface area contributed by atoms with Gasteiger partial charge in [0.15, 0.2) is 5.75 Å². The summed E-state index contributed by atoms with van der Waals surface area (Å²) in [6.07, 6.45) is 1.49. The molecule has 0 aliphatic carbocycles. The Hall–Kier alpha value is -3.32. The molecule has 1 heterocycles. The molecular formula is C18H12N2O2. The number of nitrogens with zero attached hydrogens (tertiary/aromatic N) is 2. The number of rotatable bonds is 4. The van der Waals surface area contributed by atoms with E-state index in [-0.39, 0.29) is 0 Å². The number of aromatic nitrogens is 1. The van der Waals surface area contributed by atoms with Gasteiger partial charge < -0.3 is 9.47 Å². The van der Waals surface area contributed by atoms with Gasteiger partial charge >= 0.3 is 0 Å². The fraction of sp³-hybridized carbons (Fsp3) is 0. The molecule has 2 aromatic carbocycles. The maximum absolute atomic E-state index is 9.27. The molecule has 4 heteroatoms. The van der Waals surface area contributed by atoms with Crippen LogP contribution in [-0.2, 0) is 0 Å². The molecule has 3 rings (SSSR count). The Labute approximate surface area is 128 Å². The first-order valence-corrected chi connectivity index (χ1v) is 6.71. The highest BCUT2D eigenvalue weighted by molar-refractivity contribution is 5.46. The fourth-order valence-corrected chi connectivity index (χ4v) is 1.87. The Morgan fingerprint density at radius 1 is 0.818 bits per heavy atom. The second-order valence-electron chi connectivity index (χ2n) is 4.46. The molecule has 0 saturated carbocycles. The van der Waals surface area contributed by atoms with E-state index in [9.17, 15) is 5.26 Å². The lowest BCUT2D eigenvalue weighted by atomic mass is 10.2. The molecule has 0 aliphatic rings. The summed E-state index contributed by atoms with van der Waals surface area (Å²) in [5.74, 6) is 2.06. The smallest absolute Gasteiger partial charge is 0.220 e. The minimum Gasteiger partial charge on any atom is -0.454 e. The van der Waals surface area contributed by atoms with Crippen LogP contribution in [-0.4, -0.2) is 4.98 Å². The van der Waals surface area contributed by atoms with Crippen LogP contribution in [0.1, 0.15) is 5.56 Å². The van der Waals surface area contributed by atoms with Crippen molar-refractivity contribution in [2.45, 2.75) is 0 Å². The van der Waals surface area contributed by atoms with Crippen LogP contribution in [0.25, 0.3) is 0 Å². The van der Waals surface area contributed by atoms with Gasteiger partial charge in [-0.1, -0.05) is 36.4 Å². The van der Waals surface area contributed by atoms with E-state index < -0.39 is 0 Å². The lowest BCUT2D eigenvalue weighted by molar-refractivity contribution is 0.450. The maximum atomic E-state index is 9.27. The molecular weight excluding hydrogens is 276 g/mol. The van der Waals surface area contributed by atoms with Crippen molar-refractivity contribution in [3.8, 4) is 29.2 Å². The zero-order valence-electron chi connectivity index (χ0n) is 11.6. The van der Waals surface area contributed by atoms with Crippen molar-refractivity contribution >= 4 is 0 Å². The second kappa shape index (κ2) is 6.42. The summed E-state index contributed by atoms with van der Waals surface area (Å²) < 4.78 is 11.3. The summed E-state index contributed by atoms with van der Waals surface area (Å²) >= 11 is 0. The Balaban J connectivity index is 1.83. The van der Waals surface area contributed by atoms with E-state index in [0.29, 0.717) is 28.7 Å². The summed E-state index contributed by atoms with van der Waals surface area (Å²) in [7, 11) is 0. The van der Waals surface area contributed by atoms with Crippen LogP contribution in [0.2, 0.25) is 0 Å². The van der Waals surface area contributed by atoms with Crippen molar-refractivity contribution in [1.82, 2.24) is 4.98 Å². The van der Waals surface area contributed by atoms with Crippen molar-refractivity contribution < 1.29 is 9.47 Å². The number of hydrogen-bond donors (Lipinski definition) is 0. The summed E-state index contributed by atoms with van der Waals surface area (Å²) in [5, 5.41) is 9.27. The highest BCUT2D eigenvalue weighted by Gasteiger charge is 2.08. The number of pyridine rings is 1. The number of para-hydroxylation sites is 2. The molecule has 22 heavy (non-hydrogen) atoms. The molecule has 0 N–H and O–H groups in total. The summed E-state index contributed by atoms with van der Waals surface area (Å²) in [6.45, 7) is 0. The van der Waals surface area contributed by atoms with Gasteiger partial charge in [0, 0.05) is 6.07 Å². The third-order valence-electron chi connectivity index (χ3n) is 2.90. The molecule has 0 radical (unpaired) electrons. The molecule has 0 fully saturated rings. The van der Waals surface area contributed by atoms with Gasteiger partial charge in [-0.15, -0.1) is 0 Å². The Bertz CT molecular complexity index is 796. The van der Waals surface area contributed by atoms with E-state index in [1.54, 1.807) is 6.07 Å². The van der Waals surface area contributed by atoms with Gasteiger partial charge in [-0.25, -0.2) is 4.98 Å². The standard InChI is InChI=1S/C18H12N2O2/c19-12-14-11-18(22-16-9-5-2-6-10-16)20-13-17(14)21-15-7-3-1-4-8-15/h1-11,13H. The predicted octanol–water partition coefficient (Wildman–Crippen LogP) is 4.54. The first-order valence-electron chi connectivity index (χ1n) is 6.71. The lowest BCUT2D eigenvalue weighted by Crippen LogP contribution is -1.93. The lowest BCUT2D eigenvalue weighted by Gasteiger charge is -2.09. The third-order valence-corrected chi connectivity index (χ3v) is 2.90. The number of hydrogen-bond acceptors (Lipinski definition) is 4. The van der Waals surface area contributed by atoms with Crippen molar-refractivity contribution in [3.05, 3.63) is 78.5 Å². The van der Waals surface area contributed by atoms with Gasteiger partial charge in [-0.05, 0) is 24.3 Å². The molecule has 4 nitrogen and oxygen atoms in total. The van der Waals surface area contributed by atoms with Crippen LogP contribution >= 0.6 is 0 Å². The SMILES string of the molecule is N#Cc1cc(Oc2ccccc2)ncc1Oc1ccccc1. The molecule has 3 aromatic rings.